The van der Waals surface area contributed by atoms with Gasteiger partial charge in [0.25, 0.3) is 0 Å². The third-order valence-electron chi connectivity index (χ3n) is 3.47. The monoisotopic (exact) mass is 232 g/mol. The molecule has 1 atom stereocenters. The fourth-order valence-corrected chi connectivity index (χ4v) is 2.46. The van der Waals surface area contributed by atoms with E-state index >= 15 is 0 Å². The van der Waals surface area contributed by atoms with E-state index in [-0.39, 0.29) is 0 Å². The third-order valence-corrected chi connectivity index (χ3v) is 3.47. The lowest BCUT2D eigenvalue weighted by molar-refractivity contribution is 0.480. The standard InChI is InChI=1S/C15H24N2/c1-12(2)16-10-14-7-8-17(11-14)15-6-4-5-13(3)9-15/h4-6,9,12,14,16H,7-8,10-11H2,1-3H3. The molecule has 1 aromatic rings. The molecule has 0 amide bonds. The quantitative estimate of drug-likeness (QED) is 0.858. The second kappa shape index (κ2) is 5.54. The summed E-state index contributed by atoms with van der Waals surface area (Å²) >= 11 is 0. The molecule has 1 aromatic carbocycles. The average molecular weight is 232 g/mol. The molecule has 0 saturated carbocycles. The van der Waals surface area contributed by atoms with Crippen molar-refractivity contribution in [3.8, 4) is 0 Å². The van der Waals surface area contributed by atoms with E-state index in [0.29, 0.717) is 6.04 Å². The van der Waals surface area contributed by atoms with E-state index in [4.69, 9.17) is 0 Å². The molecule has 94 valence electrons. The van der Waals surface area contributed by atoms with Crippen LogP contribution in [0.15, 0.2) is 24.3 Å². The van der Waals surface area contributed by atoms with Gasteiger partial charge in [-0.05, 0) is 43.5 Å². The highest BCUT2D eigenvalue weighted by atomic mass is 15.2. The summed E-state index contributed by atoms with van der Waals surface area (Å²) in [5.74, 6) is 0.804. The molecular weight excluding hydrogens is 208 g/mol. The van der Waals surface area contributed by atoms with Crippen molar-refractivity contribution in [2.24, 2.45) is 5.92 Å². The lowest BCUT2D eigenvalue weighted by atomic mass is 10.1. The van der Waals surface area contributed by atoms with Crippen molar-refractivity contribution >= 4 is 5.69 Å². The van der Waals surface area contributed by atoms with Crippen molar-refractivity contribution in [1.82, 2.24) is 5.32 Å². The second-order valence-corrected chi connectivity index (χ2v) is 5.50. The number of aryl methyl sites for hydroxylation is 1. The first-order valence-corrected chi connectivity index (χ1v) is 6.70. The van der Waals surface area contributed by atoms with Crippen molar-refractivity contribution in [3.63, 3.8) is 0 Å². The zero-order valence-electron chi connectivity index (χ0n) is 11.2. The molecule has 2 rings (SSSR count). The van der Waals surface area contributed by atoms with Gasteiger partial charge in [-0.2, -0.15) is 0 Å². The number of nitrogens with zero attached hydrogens (tertiary/aromatic N) is 1. The Labute approximate surface area is 105 Å². The van der Waals surface area contributed by atoms with E-state index in [0.717, 1.165) is 12.5 Å². The van der Waals surface area contributed by atoms with Crippen LogP contribution in [0.5, 0.6) is 0 Å². The predicted molar refractivity (Wildman–Crippen MR) is 74.6 cm³/mol. The van der Waals surface area contributed by atoms with Gasteiger partial charge in [0.05, 0.1) is 0 Å². The van der Waals surface area contributed by atoms with Crippen LogP contribution >= 0.6 is 0 Å². The molecule has 0 radical (unpaired) electrons. The number of anilines is 1. The summed E-state index contributed by atoms with van der Waals surface area (Å²) in [6.07, 6.45) is 1.31. The van der Waals surface area contributed by atoms with Crippen LogP contribution in [0, 0.1) is 12.8 Å². The molecule has 1 saturated heterocycles. The topological polar surface area (TPSA) is 15.3 Å². The average Bonchev–Trinajstić information content (AvgIpc) is 2.75. The highest BCUT2D eigenvalue weighted by molar-refractivity contribution is 5.49. The molecule has 0 spiro atoms. The van der Waals surface area contributed by atoms with Crippen LogP contribution in [-0.2, 0) is 0 Å². The van der Waals surface area contributed by atoms with Gasteiger partial charge in [0.1, 0.15) is 0 Å². The van der Waals surface area contributed by atoms with Crippen molar-refractivity contribution in [3.05, 3.63) is 29.8 Å². The fraction of sp³-hybridized carbons (Fsp3) is 0.600. The zero-order chi connectivity index (χ0) is 12.3. The molecule has 2 nitrogen and oxygen atoms in total. The number of hydrogen-bond acceptors (Lipinski definition) is 2. The second-order valence-electron chi connectivity index (χ2n) is 5.50. The van der Waals surface area contributed by atoms with Crippen molar-refractivity contribution in [1.29, 1.82) is 0 Å². The van der Waals surface area contributed by atoms with Gasteiger partial charge >= 0.3 is 0 Å². The zero-order valence-corrected chi connectivity index (χ0v) is 11.2. The largest absolute Gasteiger partial charge is 0.371 e. The Morgan fingerprint density at radius 3 is 2.94 bits per heavy atom. The summed E-state index contributed by atoms with van der Waals surface area (Å²) in [5, 5.41) is 3.54. The summed E-state index contributed by atoms with van der Waals surface area (Å²) in [4.78, 5) is 2.51. The van der Waals surface area contributed by atoms with Crippen molar-refractivity contribution in [2.75, 3.05) is 24.5 Å². The van der Waals surface area contributed by atoms with Crippen molar-refractivity contribution in [2.45, 2.75) is 33.2 Å². The third kappa shape index (κ3) is 3.47. The SMILES string of the molecule is Cc1cccc(N2CCC(CNC(C)C)C2)c1. The minimum Gasteiger partial charge on any atom is -0.371 e. The summed E-state index contributed by atoms with van der Waals surface area (Å²) in [6.45, 7) is 10.1. The maximum atomic E-state index is 3.54. The number of benzene rings is 1. The lowest BCUT2D eigenvalue weighted by Crippen LogP contribution is -2.30. The van der Waals surface area contributed by atoms with Crippen LogP contribution in [-0.4, -0.2) is 25.7 Å². The van der Waals surface area contributed by atoms with E-state index in [9.17, 15) is 0 Å². The molecule has 1 fully saturated rings. The Morgan fingerprint density at radius 1 is 1.41 bits per heavy atom. The molecule has 1 aliphatic rings. The first-order chi connectivity index (χ1) is 8.15. The fourth-order valence-electron chi connectivity index (χ4n) is 2.46. The van der Waals surface area contributed by atoms with E-state index in [1.807, 2.05) is 0 Å². The van der Waals surface area contributed by atoms with Gasteiger partial charge in [0.15, 0.2) is 0 Å². The van der Waals surface area contributed by atoms with Gasteiger partial charge in [-0.3, -0.25) is 0 Å². The molecule has 1 heterocycles. The molecule has 0 aromatic heterocycles. The Bertz CT molecular complexity index is 360. The van der Waals surface area contributed by atoms with Crippen LogP contribution in [0.1, 0.15) is 25.8 Å². The summed E-state index contributed by atoms with van der Waals surface area (Å²) in [7, 11) is 0. The minimum atomic E-state index is 0.600. The lowest BCUT2D eigenvalue weighted by Gasteiger charge is -2.19. The van der Waals surface area contributed by atoms with E-state index in [1.54, 1.807) is 0 Å². The van der Waals surface area contributed by atoms with Gasteiger partial charge in [-0.1, -0.05) is 26.0 Å². The molecule has 17 heavy (non-hydrogen) atoms. The number of nitrogens with one attached hydrogen (secondary N) is 1. The molecule has 1 aliphatic heterocycles. The first kappa shape index (κ1) is 12.4. The smallest absolute Gasteiger partial charge is 0.0368 e. The highest BCUT2D eigenvalue weighted by Gasteiger charge is 2.22. The van der Waals surface area contributed by atoms with Crippen LogP contribution in [0.25, 0.3) is 0 Å². The molecule has 1 unspecified atom stereocenters. The Morgan fingerprint density at radius 2 is 2.24 bits per heavy atom. The highest BCUT2D eigenvalue weighted by Crippen LogP contribution is 2.24. The predicted octanol–water partition coefficient (Wildman–Crippen LogP) is 2.82. The summed E-state index contributed by atoms with van der Waals surface area (Å²) < 4.78 is 0. The molecule has 0 aliphatic carbocycles. The summed E-state index contributed by atoms with van der Waals surface area (Å²) in [6, 6.07) is 9.44. The molecular formula is C15H24N2. The van der Waals surface area contributed by atoms with Gasteiger partial charge in [-0.25, -0.2) is 0 Å². The van der Waals surface area contributed by atoms with Crippen LogP contribution in [0.2, 0.25) is 0 Å². The van der Waals surface area contributed by atoms with E-state index < -0.39 is 0 Å². The van der Waals surface area contributed by atoms with Gasteiger partial charge < -0.3 is 10.2 Å². The first-order valence-electron chi connectivity index (χ1n) is 6.70. The molecule has 2 heteroatoms. The molecule has 0 bridgehead atoms. The van der Waals surface area contributed by atoms with E-state index in [1.165, 1.54) is 30.8 Å². The van der Waals surface area contributed by atoms with Crippen LogP contribution < -0.4 is 10.2 Å². The van der Waals surface area contributed by atoms with E-state index in [2.05, 4.69) is 55.3 Å². The Balaban J connectivity index is 1.89. The maximum Gasteiger partial charge on any atom is 0.0368 e. The minimum absolute atomic E-state index is 0.600. The Kier molecular flexibility index (Phi) is 4.06. The normalized spacial score (nSPS) is 20.2. The number of rotatable bonds is 4. The van der Waals surface area contributed by atoms with Gasteiger partial charge in [0.2, 0.25) is 0 Å². The number of hydrogen-bond donors (Lipinski definition) is 1. The van der Waals surface area contributed by atoms with Crippen LogP contribution in [0.4, 0.5) is 5.69 Å². The van der Waals surface area contributed by atoms with Gasteiger partial charge in [-0.15, -0.1) is 0 Å². The van der Waals surface area contributed by atoms with Crippen LogP contribution in [0.3, 0.4) is 0 Å². The Hall–Kier alpha value is -1.02. The maximum absolute atomic E-state index is 3.54. The van der Waals surface area contributed by atoms with Gasteiger partial charge in [0, 0.05) is 24.8 Å². The van der Waals surface area contributed by atoms with Crippen molar-refractivity contribution < 1.29 is 0 Å². The summed E-state index contributed by atoms with van der Waals surface area (Å²) in [5.41, 5.74) is 2.74. The molecule has 1 N–H and O–H groups in total.